The van der Waals surface area contributed by atoms with E-state index in [1.165, 1.54) is 23.1 Å². The maximum absolute atomic E-state index is 2.40. The number of hydrogen-bond acceptors (Lipinski definition) is 0. The first-order valence-electron chi connectivity index (χ1n) is 4.50. The van der Waals surface area contributed by atoms with Gasteiger partial charge in [0.05, 0.1) is 0 Å². The van der Waals surface area contributed by atoms with Crippen molar-refractivity contribution in [2.75, 3.05) is 0 Å². The molecule has 0 aliphatic heterocycles. The van der Waals surface area contributed by atoms with Gasteiger partial charge < -0.3 is 0 Å². The van der Waals surface area contributed by atoms with Gasteiger partial charge in [-0.15, -0.1) is 40.8 Å². The molecule has 0 heterocycles. The minimum absolute atomic E-state index is 0. The van der Waals surface area contributed by atoms with Crippen LogP contribution in [-0.2, 0) is 0 Å². The Morgan fingerprint density at radius 3 is 2.92 bits per heavy atom. The van der Waals surface area contributed by atoms with Gasteiger partial charge in [0.1, 0.15) is 0 Å². The molecule has 0 aromatic heterocycles. The maximum atomic E-state index is 2.40. The molecule has 2 bridgehead atoms. The second-order valence-corrected chi connectivity index (χ2v) is 3.73. The molecule has 0 saturated carbocycles. The standard InChI is InChI=1S/C12H11.Li/c1-8-6-9-7-12(8)11-5-3-2-4-10(9)11;/h2-6,9H,7H2,1H3;/q-1;+1. The molecule has 1 aromatic carbocycles. The fraction of sp³-hybridized carbons (Fsp3) is 0.250. The summed E-state index contributed by atoms with van der Waals surface area (Å²) in [5, 5.41) is 0. The minimum atomic E-state index is 0. The second kappa shape index (κ2) is 2.98. The summed E-state index contributed by atoms with van der Waals surface area (Å²) >= 11 is 0. The third-order valence-corrected chi connectivity index (χ3v) is 3.04. The monoisotopic (exact) mass is 162 g/mol. The first-order chi connectivity index (χ1) is 5.86. The summed E-state index contributed by atoms with van der Waals surface area (Å²) in [5.41, 5.74) is 4.54. The van der Waals surface area contributed by atoms with Gasteiger partial charge >= 0.3 is 18.9 Å². The molecule has 13 heavy (non-hydrogen) atoms. The molecule has 0 radical (unpaired) electrons. The van der Waals surface area contributed by atoms with Crippen LogP contribution in [0, 0.1) is 5.92 Å². The van der Waals surface area contributed by atoms with Crippen molar-refractivity contribution in [2.45, 2.75) is 19.3 Å². The van der Waals surface area contributed by atoms with E-state index in [9.17, 15) is 0 Å². The molecule has 1 unspecified atom stereocenters. The average Bonchev–Trinajstić information content (AvgIpc) is 2.62. The fourth-order valence-corrected chi connectivity index (χ4v) is 2.46. The van der Waals surface area contributed by atoms with Gasteiger partial charge in [-0.05, 0) is 0 Å². The third-order valence-electron chi connectivity index (χ3n) is 3.04. The molecule has 1 aromatic rings. The van der Waals surface area contributed by atoms with E-state index < -0.39 is 0 Å². The van der Waals surface area contributed by atoms with Gasteiger partial charge in [-0.2, -0.15) is 6.08 Å². The van der Waals surface area contributed by atoms with Crippen molar-refractivity contribution in [2.24, 2.45) is 0 Å². The largest absolute Gasteiger partial charge is 1.00 e. The van der Waals surface area contributed by atoms with Gasteiger partial charge in [0.15, 0.2) is 0 Å². The van der Waals surface area contributed by atoms with Gasteiger partial charge in [-0.3, -0.25) is 0 Å². The summed E-state index contributed by atoms with van der Waals surface area (Å²) < 4.78 is 0. The van der Waals surface area contributed by atoms with Crippen LogP contribution in [0.3, 0.4) is 0 Å². The Balaban J connectivity index is 0.000000653. The number of rotatable bonds is 0. The molecule has 60 valence electrons. The molecule has 0 nitrogen and oxygen atoms in total. The van der Waals surface area contributed by atoms with Crippen LogP contribution in [0.15, 0.2) is 35.9 Å². The number of hydrogen-bond donors (Lipinski definition) is 0. The second-order valence-electron chi connectivity index (χ2n) is 3.73. The minimum Gasteiger partial charge on any atom is -0.153 e. The van der Waals surface area contributed by atoms with Crippen LogP contribution in [0.25, 0.3) is 0 Å². The van der Waals surface area contributed by atoms with Gasteiger partial charge in [0, 0.05) is 0 Å². The predicted octanol–water partition coefficient (Wildman–Crippen LogP) is 0.0604. The van der Waals surface area contributed by atoms with E-state index >= 15 is 0 Å². The summed E-state index contributed by atoms with van der Waals surface area (Å²) in [6.45, 7) is 2.23. The quantitative estimate of drug-likeness (QED) is 0.374. The van der Waals surface area contributed by atoms with Crippen LogP contribution < -0.4 is 18.9 Å². The van der Waals surface area contributed by atoms with Crippen molar-refractivity contribution >= 4 is 0 Å². The van der Waals surface area contributed by atoms with E-state index in [-0.39, 0.29) is 18.9 Å². The predicted molar refractivity (Wildman–Crippen MR) is 49.9 cm³/mol. The van der Waals surface area contributed by atoms with Crippen LogP contribution in [0.5, 0.6) is 0 Å². The van der Waals surface area contributed by atoms with E-state index in [4.69, 9.17) is 0 Å². The summed E-state index contributed by atoms with van der Waals surface area (Å²) in [5.74, 6) is 2.28. The molecule has 0 fully saturated rings. The molecule has 0 saturated heterocycles. The van der Waals surface area contributed by atoms with Crippen molar-refractivity contribution in [3.05, 3.63) is 53.0 Å². The summed E-state index contributed by atoms with van der Waals surface area (Å²) in [4.78, 5) is 0. The zero-order valence-electron chi connectivity index (χ0n) is 8.17. The van der Waals surface area contributed by atoms with Crippen LogP contribution in [0.1, 0.15) is 30.4 Å². The molecule has 3 rings (SSSR count). The topological polar surface area (TPSA) is 0 Å². The first kappa shape index (κ1) is 9.00. The van der Waals surface area contributed by atoms with E-state index in [0.29, 0.717) is 5.92 Å². The van der Waals surface area contributed by atoms with Crippen molar-refractivity contribution in [1.29, 1.82) is 0 Å². The number of benzene rings is 1. The first-order valence-corrected chi connectivity index (χ1v) is 4.50. The number of fused-ring (bicyclic) bond motifs is 5. The van der Waals surface area contributed by atoms with Crippen molar-refractivity contribution < 1.29 is 18.9 Å². The maximum Gasteiger partial charge on any atom is 1.00 e. The van der Waals surface area contributed by atoms with Crippen molar-refractivity contribution in [1.82, 2.24) is 0 Å². The van der Waals surface area contributed by atoms with Crippen LogP contribution in [0.2, 0.25) is 0 Å². The van der Waals surface area contributed by atoms with Crippen molar-refractivity contribution in [3.8, 4) is 0 Å². The van der Waals surface area contributed by atoms with E-state index in [2.05, 4.69) is 37.3 Å². The summed E-state index contributed by atoms with van der Waals surface area (Å²) in [6, 6.07) is 8.79. The SMILES string of the molecule is CC1=CC2C[C-]1c1ccccc12.[Li+]. The van der Waals surface area contributed by atoms with Crippen LogP contribution in [-0.4, -0.2) is 0 Å². The summed E-state index contributed by atoms with van der Waals surface area (Å²) in [7, 11) is 0. The number of allylic oxidation sites excluding steroid dienone is 2. The van der Waals surface area contributed by atoms with E-state index in [0.717, 1.165) is 0 Å². The van der Waals surface area contributed by atoms with E-state index in [1.54, 1.807) is 5.92 Å². The molecular weight excluding hydrogens is 151 g/mol. The Morgan fingerprint density at radius 2 is 2.08 bits per heavy atom. The Bertz CT molecular complexity index is 365. The zero-order chi connectivity index (χ0) is 8.13. The molecule has 2 aliphatic rings. The van der Waals surface area contributed by atoms with Gasteiger partial charge in [0.25, 0.3) is 0 Å². The average molecular weight is 162 g/mol. The Hall–Kier alpha value is -0.573. The fourth-order valence-electron chi connectivity index (χ4n) is 2.46. The molecule has 2 aliphatic carbocycles. The van der Waals surface area contributed by atoms with E-state index in [1.807, 2.05) is 0 Å². The van der Waals surface area contributed by atoms with Gasteiger partial charge in [-0.25, -0.2) is 0 Å². The van der Waals surface area contributed by atoms with Crippen LogP contribution >= 0.6 is 0 Å². The Morgan fingerprint density at radius 1 is 1.31 bits per heavy atom. The molecular formula is C12H11Li. The van der Waals surface area contributed by atoms with Crippen molar-refractivity contribution in [3.63, 3.8) is 0 Å². The molecule has 0 spiro atoms. The van der Waals surface area contributed by atoms with Crippen LogP contribution in [0.4, 0.5) is 0 Å². The third kappa shape index (κ3) is 1.10. The molecule has 0 amide bonds. The zero-order valence-corrected chi connectivity index (χ0v) is 8.17. The smallest absolute Gasteiger partial charge is 0.153 e. The summed E-state index contributed by atoms with van der Waals surface area (Å²) in [6.07, 6.45) is 3.66. The molecule has 0 N–H and O–H groups in total. The molecule has 1 atom stereocenters. The van der Waals surface area contributed by atoms with Gasteiger partial charge in [0.2, 0.25) is 0 Å². The normalized spacial score (nSPS) is 22.4. The van der Waals surface area contributed by atoms with Gasteiger partial charge in [-0.1, -0.05) is 25.3 Å². The Kier molecular flexibility index (Phi) is 2.06. The Labute approximate surface area is 91.2 Å². The molecule has 1 heteroatoms.